The first kappa shape index (κ1) is 17.6. The van der Waals surface area contributed by atoms with E-state index in [4.69, 9.17) is 14.2 Å². The second kappa shape index (κ2) is 7.68. The first-order valence-electron chi connectivity index (χ1n) is 7.59. The molecule has 0 fully saturated rings. The Morgan fingerprint density at radius 1 is 0.917 bits per heavy atom. The summed E-state index contributed by atoms with van der Waals surface area (Å²) in [7, 11) is 4.68. The zero-order valence-electron chi connectivity index (χ0n) is 14.7. The first-order chi connectivity index (χ1) is 11.5. The van der Waals surface area contributed by atoms with Crippen LogP contribution in [0.1, 0.15) is 27.0 Å². The highest BCUT2D eigenvalue weighted by molar-refractivity contribution is 6.07. The summed E-state index contributed by atoms with van der Waals surface area (Å²) in [4.78, 5) is 12.4. The van der Waals surface area contributed by atoms with Crippen molar-refractivity contribution >= 4 is 11.9 Å². The smallest absolute Gasteiger partial charge is 0.203 e. The van der Waals surface area contributed by atoms with Crippen LogP contribution >= 0.6 is 0 Å². The van der Waals surface area contributed by atoms with Crippen molar-refractivity contribution in [2.75, 3.05) is 21.3 Å². The Hall–Kier alpha value is -2.75. The number of benzene rings is 2. The van der Waals surface area contributed by atoms with Gasteiger partial charge in [0.1, 0.15) is 0 Å². The molecule has 0 heterocycles. The van der Waals surface area contributed by atoms with Crippen LogP contribution in [0.3, 0.4) is 0 Å². The van der Waals surface area contributed by atoms with Crippen LogP contribution in [-0.2, 0) is 0 Å². The number of carbonyl (C=O) groups is 1. The highest BCUT2D eigenvalue weighted by Gasteiger charge is 2.12. The monoisotopic (exact) mass is 326 g/mol. The number of carbonyl (C=O) groups excluding carboxylic acids is 1. The van der Waals surface area contributed by atoms with Crippen LogP contribution in [0.15, 0.2) is 36.4 Å². The molecule has 0 unspecified atom stereocenters. The molecule has 126 valence electrons. The van der Waals surface area contributed by atoms with Gasteiger partial charge in [0.15, 0.2) is 17.3 Å². The van der Waals surface area contributed by atoms with Crippen molar-refractivity contribution in [1.29, 1.82) is 0 Å². The van der Waals surface area contributed by atoms with E-state index in [1.54, 1.807) is 45.6 Å². The number of allylic oxidation sites excluding steroid dienone is 1. The van der Waals surface area contributed by atoms with Gasteiger partial charge in [0.05, 0.1) is 21.3 Å². The van der Waals surface area contributed by atoms with Gasteiger partial charge in [0.2, 0.25) is 5.75 Å². The average molecular weight is 326 g/mol. The predicted molar refractivity (Wildman–Crippen MR) is 95.4 cm³/mol. The summed E-state index contributed by atoms with van der Waals surface area (Å²) in [6.07, 6.45) is 3.30. The molecule has 0 N–H and O–H groups in total. The third-order valence-electron chi connectivity index (χ3n) is 3.77. The molecule has 0 aliphatic heterocycles. The van der Waals surface area contributed by atoms with E-state index < -0.39 is 0 Å². The molecule has 2 aromatic carbocycles. The quantitative estimate of drug-likeness (QED) is 0.589. The maximum atomic E-state index is 12.4. The molecule has 4 nitrogen and oxygen atoms in total. The number of rotatable bonds is 6. The molecule has 0 spiro atoms. The van der Waals surface area contributed by atoms with Gasteiger partial charge in [-0.25, -0.2) is 0 Å². The maximum absolute atomic E-state index is 12.4. The molecule has 0 saturated carbocycles. The van der Waals surface area contributed by atoms with Crippen molar-refractivity contribution in [3.8, 4) is 17.2 Å². The van der Waals surface area contributed by atoms with Crippen molar-refractivity contribution in [2.24, 2.45) is 0 Å². The van der Waals surface area contributed by atoms with Crippen molar-refractivity contribution in [1.82, 2.24) is 0 Å². The molecule has 0 aliphatic rings. The predicted octanol–water partition coefficient (Wildman–Crippen LogP) is 4.23. The molecule has 0 bridgehead atoms. The van der Waals surface area contributed by atoms with E-state index in [1.807, 2.05) is 32.0 Å². The number of aryl methyl sites for hydroxylation is 2. The molecule has 0 aliphatic carbocycles. The van der Waals surface area contributed by atoms with E-state index in [2.05, 4.69) is 0 Å². The van der Waals surface area contributed by atoms with Gasteiger partial charge < -0.3 is 14.2 Å². The Bertz CT molecular complexity index is 750. The van der Waals surface area contributed by atoms with Crippen LogP contribution in [0.4, 0.5) is 0 Å². The topological polar surface area (TPSA) is 44.8 Å². The molecule has 24 heavy (non-hydrogen) atoms. The van der Waals surface area contributed by atoms with Gasteiger partial charge in [-0.1, -0.05) is 23.8 Å². The van der Waals surface area contributed by atoms with Gasteiger partial charge in [-0.2, -0.15) is 0 Å². The lowest BCUT2D eigenvalue weighted by Gasteiger charge is -2.12. The second-order valence-corrected chi connectivity index (χ2v) is 5.47. The van der Waals surface area contributed by atoms with Crippen LogP contribution in [0.25, 0.3) is 6.08 Å². The summed E-state index contributed by atoms with van der Waals surface area (Å²) in [6.45, 7) is 3.90. The standard InChI is InChI=1S/C20H22O4/c1-13-6-7-14(2)16(10-13)17(21)9-8-15-11-18(22-3)20(24-5)19(12-15)23-4/h6-12H,1-5H3. The Morgan fingerprint density at radius 3 is 2.08 bits per heavy atom. The zero-order chi connectivity index (χ0) is 17.7. The summed E-state index contributed by atoms with van der Waals surface area (Å²) in [6, 6.07) is 9.45. The van der Waals surface area contributed by atoms with Crippen molar-refractivity contribution < 1.29 is 19.0 Å². The minimum absolute atomic E-state index is 0.0371. The average Bonchev–Trinajstić information content (AvgIpc) is 2.60. The van der Waals surface area contributed by atoms with Crippen LogP contribution in [-0.4, -0.2) is 27.1 Å². The molecule has 0 aromatic heterocycles. The Balaban J connectivity index is 2.34. The Kier molecular flexibility index (Phi) is 5.64. The number of hydrogen-bond donors (Lipinski definition) is 0. The summed E-state index contributed by atoms with van der Waals surface area (Å²) >= 11 is 0. The van der Waals surface area contributed by atoms with E-state index in [-0.39, 0.29) is 5.78 Å². The van der Waals surface area contributed by atoms with Gasteiger partial charge in [0, 0.05) is 5.56 Å². The van der Waals surface area contributed by atoms with E-state index >= 15 is 0 Å². The molecule has 0 radical (unpaired) electrons. The zero-order valence-corrected chi connectivity index (χ0v) is 14.7. The van der Waals surface area contributed by atoms with Gasteiger partial charge in [-0.05, 0) is 49.2 Å². The van der Waals surface area contributed by atoms with Crippen LogP contribution < -0.4 is 14.2 Å². The third-order valence-corrected chi connectivity index (χ3v) is 3.77. The molecule has 0 amide bonds. The second-order valence-electron chi connectivity index (χ2n) is 5.47. The molecule has 2 aromatic rings. The van der Waals surface area contributed by atoms with Crippen LogP contribution in [0, 0.1) is 13.8 Å². The Morgan fingerprint density at radius 2 is 1.54 bits per heavy atom. The van der Waals surface area contributed by atoms with Crippen LogP contribution in [0.5, 0.6) is 17.2 Å². The summed E-state index contributed by atoms with van der Waals surface area (Å²) < 4.78 is 15.9. The normalized spacial score (nSPS) is 10.7. The lowest BCUT2D eigenvalue weighted by Crippen LogP contribution is -1.99. The lowest BCUT2D eigenvalue weighted by atomic mass is 10.0. The number of ether oxygens (including phenoxy) is 3. The van der Waals surface area contributed by atoms with E-state index in [0.717, 1.165) is 16.7 Å². The van der Waals surface area contributed by atoms with Gasteiger partial charge >= 0.3 is 0 Å². The highest BCUT2D eigenvalue weighted by atomic mass is 16.5. The van der Waals surface area contributed by atoms with Crippen LogP contribution in [0.2, 0.25) is 0 Å². The fourth-order valence-corrected chi connectivity index (χ4v) is 2.46. The van der Waals surface area contributed by atoms with Gasteiger partial charge in [0.25, 0.3) is 0 Å². The SMILES string of the molecule is COc1cc(C=CC(=O)c2cc(C)ccc2C)cc(OC)c1OC. The largest absolute Gasteiger partial charge is 0.493 e. The maximum Gasteiger partial charge on any atom is 0.203 e. The third kappa shape index (κ3) is 3.77. The summed E-state index contributed by atoms with van der Waals surface area (Å²) in [5.41, 5.74) is 3.52. The van der Waals surface area contributed by atoms with E-state index in [9.17, 15) is 4.79 Å². The highest BCUT2D eigenvalue weighted by Crippen LogP contribution is 2.38. The molecule has 2 rings (SSSR count). The molecule has 0 saturated heterocycles. The van der Waals surface area contributed by atoms with Crippen molar-refractivity contribution in [3.05, 3.63) is 58.7 Å². The minimum atomic E-state index is -0.0371. The number of methoxy groups -OCH3 is 3. The van der Waals surface area contributed by atoms with Crippen molar-refractivity contribution in [3.63, 3.8) is 0 Å². The van der Waals surface area contributed by atoms with E-state index in [1.165, 1.54) is 0 Å². The molecular formula is C20H22O4. The van der Waals surface area contributed by atoms with Crippen molar-refractivity contribution in [2.45, 2.75) is 13.8 Å². The molecule has 0 atom stereocenters. The minimum Gasteiger partial charge on any atom is -0.493 e. The van der Waals surface area contributed by atoms with E-state index in [0.29, 0.717) is 22.8 Å². The number of ketones is 1. The summed E-state index contributed by atoms with van der Waals surface area (Å²) in [5.74, 6) is 1.59. The Labute approximate surface area is 142 Å². The lowest BCUT2D eigenvalue weighted by molar-refractivity contribution is 0.104. The number of hydrogen-bond acceptors (Lipinski definition) is 4. The van der Waals surface area contributed by atoms with Gasteiger partial charge in [-0.15, -0.1) is 0 Å². The fourth-order valence-electron chi connectivity index (χ4n) is 2.46. The van der Waals surface area contributed by atoms with Gasteiger partial charge in [-0.3, -0.25) is 4.79 Å². The first-order valence-corrected chi connectivity index (χ1v) is 7.59. The fraction of sp³-hybridized carbons (Fsp3) is 0.250. The molecular weight excluding hydrogens is 304 g/mol. The molecule has 4 heteroatoms. The summed E-state index contributed by atoms with van der Waals surface area (Å²) in [5, 5.41) is 0.